The first-order valence-electron chi connectivity index (χ1n) is 6.31. The predicted molar refractivity (Wildman–Crippen MR) is 79.1 cm³/mol. The highest BCUT2D eigenvalue weighted by Gasteiger charge is 2.14. The molecule has 1 heterocycles. The van der Waals surface area contributed by atoms with Crippen LogP contribution in [0.3, 0.4) is 0 Å². The van der Waals surface area contributed by atoms with Crippen molar-refractivity contribution in [3.8, 4) is 16.9 Å². The van der Waals surface area contributed by atoms with Gasteiger partial charge < -0.3 is 4.74 Å². The van der Waals surface area contributed by atoms with Crippen LogP contribution >= 0.6 is 0 Å². The minimum Gasteiger partial charge on any atom is -0.494 e. The summed E-state index contributed by atoms with van der Waals surface area (Å²) in [5, 5.41) is 0.973. The highest BCUT2D eigenvalue weighted by Crippen LogP contribution is 2.35. The highest BCUT2D eigenvalue weighted by atomic mass is 16.5. The number of aldehydes is 1. The van der Waals surface area contributed by atoms with Gasteiger partial charge in [0.1, 0.15) is 5.52 Å². The summed E-state index contributed by atoms with van der Waals surface area (Å²) in [6, 6.07) is 15.7. The molecule has 98 valence electrons. The van der Waals surface area contributed by atoms with E-state index in [2.05, 4.69) is 4.98 Å². The molecule has 0 N–H and O–H groups in total. The second-order valence-electron chi connectivity index (χ2n) is 4.43. The predicted octanol–water partition coefficient (Wildman–Crippen LogP) is 3.72. The van der Waals surface area contributed by atoms with Gasteiger partial charge in [0, 0.05) is 11.6 Å². The van der Waals surface area contributed by atoms with Gasteiger partial charge in [-0.2, -0.15) is 0 Å². The molecule has 0 amide bonds. The zero-order valence-corrected chi connectivity index (χ0v) is 11.0. The van der Waals surface area contributed by atoms with Crippen LogP contribution in [0.1, 0.15) is 10.4 Å². The van der Waals surface area contributed by atoms with Crippen molar-refractivity contribution in [3.63, 3.8) is 0 Å². The molecule has 0 radical (unpaired) electrons. The molecule has 3 rings (SSSR count). The Labute approximate surface area is 116 Å². The van der Waals surface area contributed by atoms with Crippen LogP contribution in [-0.2, 0) is 0 Å². The van der Waals surface area contributed by atoms with E-state index < -0.39 is 0 Å². The number of nitrogens with zero attached hydrogens (tertiary/aromatic N) is 1. The minimum absolute atomic E-state index is 0.512. The highest BCUT2D eigenvalue weighted by molar-refractivity contribution is 6.03. The van der Waals surface area contributed by atoms with Gasteiger partial charge in [0.05, 0.1) is 12.7 Å². The number of ether oxygens (including phenoxy) is 1. The summed E-state index contributed by atoms with van der Waals surface area (Å²) >= 11 is 0. The summed E-state index contributed by atoms with van der Waals surface area (Å²) < 4.78 is 5.35. The summed E-state index contributed by atoms with van der Waals surface area (Å²) in [5.74, 6) is 0.523. The number of fused-ring (bicyclic) bond motifs is 1. The number of carbonyl (C=O) groups is 1. The maximum absolute atomic E-state index is 11.3. The SMILES string of the molecule is COc1c(C=O)cc(-c2ccccc2)c2cccnc12. The van der Waals surface area contributed by atoms with Crippen molar-refractivity contribution in [2.75, 3.05) is 7.11 Å². The number of aromatic nitrogens is 1. The Bertz CT molecular complexity index is 767. The number of carbonyl (C=O) groups excluding carboxylic acids is 1. The van der Waals surface area contributed by atoms with E-state index in [9.17, 15) is 4.79 Å². The first kappa shape index (κ1) is 12.4. The van der Waals surface area contributed by atoms with E-state index in [1.807, 2.05) is 48.5 Å². The van der Waals surface area contributed by atoms with Crippen LogP contribution in [0.4, 0.5) is 0 Å². The third-order valence-electron chi connectivity index (χ3n) is 3.29. The second-order valence-corrected chi connectivity index (χ2v) is 4.43. The fourth-order valence-corrected chi connectivity index (χ4v) is 2.40. The van der Waals surface area contributed by atoms with Crippen molar-refractivity contribution in [3.05, 3.63) is 60.3 Å². The minimum atomic E-state index is 0.512. The fourth-order valence-electron chi connectivity index (χ4n) is 2.40. The van der Waals surface area contributed by atoms with Gasteiger partial charge in [-0.05, 0) is 23.3 Å². The molecule has 20 heavy (non-hydrogen) atoms. The summed E-state index contributed by atoms with van der Waals surface area (Å²) in [5.41, 5.74) is 3.25. The molecule has 0 aliphatic heterocycles. The van der Waals surface area contributed by atoms with Crippen molar-refractivity contribution in [2.45, 2.75) is 0 Å². The average Bonchev–Trinajstić information content (AvgIpc) is 2.54. The molecule has 3 aromatic rings. The molecule has 0 spiro atoms. The molecule has 0 unspecified atom stereocenters. The van der Waals surface area contributed by atoms with Crippen LogP contribution in [-0.4, -0.2) is 18.4 Å². The molecule has 3 nitrogen and oxygen atoms in total. The Morgan fingerprint density at radius 1 is 1.10 bits per heavy atom. The molecule has 0 saturated carbocycles. The third-order valence-corrected chi connectivity index (χ3v) is 3.29. The zero-order chi connectivity index (χ0) is 13.9. The van der Waals surface area contributed by atoms with Crippen molar-refractivity contribution in [2.24, 2.45) is 0 Å². The van der Waals surface area contributed by atoms with Gasteiger partial charge in [-0.15, -0.1) is 0 Å². The lowest BCUT2D eigenvalue weighted by atomic mass is 9.97. The van der Waals surface area contributed by atoms with E-state index in [0.717, 1.165) is 22.8 Å². The van der Waals surface area contributed by atoms with E-state index in [0.29, 0.717) is 16.8 Å². The zero-order valence-electron chi connectivity index (χ0n) is 11.0. The molecule has 0 fully saturated rings. The average molecular weight is 263 g/mol. The van der Waals surface area contributed by atoms with Gasteiger partial charge in [0.25, 0.3) is 0 Å². The molecule has 0 bridgehead atoms. The molecular formula is C17H13NO2. The number of benzene rings is 2. The summed E-state index contributed by atoms with van der Waals surface area (Å²) in [6.07, 6.45) is 2.51. The molecule has 0 atom stereocenters. The van der Waals surface area contributed by atoms with Crippen LogP contribution in [0.5, 0.6) is 5.75 Å². The summed E-state index contributed by atoms with van der Waals surface area (Å²) in [4.78, 5) is 15.7. The van der Waals surface area contributed by atoms with Crippen LogP contribution in [0, 0.1) is 0 Å². The van der Waals surface area contributed by atoms with Crippen LogP contribution in [0.2, 0.25) is 0 Å². The van der Waals surface area contributed by atoms with Crippen molar-refractivity contribution < 1.29 is 9.53 Å². The van der Waals surface area contributed by atoms with E-state index in [-0.39, 0.29) is 0 Å². The smallest absolute Gasteiger partial charge is 0.155 e. The van der Waals surface area contributed by atoms with Gasteiger partial charge in [0.15, 0.2) is 12.0 Å². The second kappa shape index (κ2) is 5.13. The first-order chi connectivity index (χ1) is 9.85. The molecule has 1 aromatic heterocycles. The number of hydrogen-bond donors (Lipinski definition) is 0. The topological polar surface area (TPSA) is 39.2 Å². The maximum atomic E-state index is 11.3. The third kappa shape index (κ3) is 1.93. The van der Waals surface area contributed by atoms with Crippen molar-refractivity contribution in [1.29, 1.82) is 0 Å². The maximum Gasteiger partial charge on any atom is 0.155 e. The van der Waals surface area contributed by atoms with Crippen molar-refractivity contribution >= 4 is 17.2 Å². The number of pyridine rings is 1. The lowest BCUT2D eigenvalue weighted by Gasteiger charge is -2.12. The first-order valence-corrected chi connectivity index (χ1v) is 6.31. The Morgan fingerprint density at radius 2 is 1.90 bits per heavy atom. The summed E-state index contributed by atoms with van der Waals surface area (Å²) in [6.45, 7) is 0. The molecular weight excluding hydrogens is 250 g/mol. The monoisotopic (exact) mass is 263 g/mol. The lowest BCUT2D eigenvalue weighted by Crippen LogP contribution is -1.95. The van der Waals surface area contributed by atoms with Gasteiger partial charge in [-0.25, -0.2) is 0 Å². The quantitative estimate of drug-likeness (QED) is 0.676. The van der Waals surface area contributed by atoms with Crippen LogP contribution < -0.4 is 4.74 Å². The Hall–Kier alpha value is -2.68. The van der Waals surface area contributed by atoms with Crippen LogP contribution in [0.15, 0.2) is 54.7 Å². The Morgan fingerprint density at radius 3 is 2.60 bits per heavy atom. The standard InChI is InChI=1S/C17H13NO2/c1-20-17-13(11-19)10-15(12-6-3-2-4-7-12)14-8-5-9-18-16(14)17/h2-11H,1H3. The van der Waals surface area contributed by atoms with E-state index >= 15 is 0 Å². The van der Waals surface area contributed by atoms with Crippen molar-refractivity contribution in [1.82, 2.24) is 4.98 Å². The lowest BCUT2D eigenvalue weighted by molar-refractivity contribution is 0.112. The molecule has 2 aromatic carbocycles. The van der Waals surface area contributed by atoms with Gasteiger partial charge in [-0.3, -0.25) is 9.78 Å². The number of methoxy groups -OCH3 is 1. The van der Waals surface area contributed by atoms with Gasteiger partial charge in [-0.1, -0.05) is 36.4 Å². The fraction of sp³-hybridized carbons (Fsp3) is 0.0588. The Balaban J connectivity index is 2.41. The van der Waals surface area contributed by atoms with E-state index in [4.69, 9.17) is 4.74 Å². The molecule has 3 heteroatoms. The van der Waals surface area contributed by atoms with E-state index in [1.165, 1.54) is 0 Å². The van der Waals surface area contributed by atoms with Gasteiger partial charge in [0.2, 0.25) is 0 Å². The normalized spacial score (nSPS) is 10.4. The molecule has 0 aliphatic rings. The van der Waals surface area contributed by atoms with Crippen LogP contribution in [0.25, 0.3) is 22.0 Å². The van der Waals surface area contributed by atoms with E-state index in [1.54, 1.807) is 13.3 Å². The molecule has 0 aliphatic carbocycles. The molecule has 0 saturated heterocycles. The number of rotatable bonds is 3. The van der Waals surface area contributed by atoms with Gasteiger partial charge >= 0.3 is 0 Å². The Kier molecular flexibility index (Phi) is 3.17. The number of hydrogen-bond acceptors (Lipinski definition) is 3. The largest absolute Gasteiger partial charge is 0.494 e. The summed E-state index contributed by atoms with van der Waals surface area (Å²) in [7, 11) is 1.55.